The third-order valence-corrected chi connectivity index (χ3v) is 4.17. The molecule has 3 rings (SSSR count). The number of hydrogen-bond acceptors (Lipinski definition) is 4. The zero-order valence-electron chi connectivity index (χ0n) is 15.3. The van der Waals surface area contributed by atoms with Crippen molar-refractivity contribution in [2.24, 2.45) is 0 Å². The molecule has 1 aromatic heterocycles. The lowest BCUT2D eigenvalue weighted by molar-refractivity contribution is -0.116. The van der Waals surface area contributed by atoms with Gasteiger partial charge >= 0.3 is 0 Å². The lowest BCUT2D eigenvalue weighted by Crippen LogP contribution is -2.22. The lowest BCUT2D eigenvalue weighted by Gasteiger charge is -2.18. The first-order chi connectivity index (χ1) is 13.3. The summed E-state index contributed by atoms with van der Waals surface area (Å²) >= 11 is 0. The topological polar surface area (TPSA) is 63.2 Å². The summed E-state index contributed by atoms with van der Waals surface area (Å²) in [6.07, 6.45) is 1.65. The number of pyridine rings is 1. The number of carbonyl (C=O) groups excluding carboxylic acids is 1. The highest BCUT2D eigenvalue weighted by atomic mass is 16.5. The van der Waals surface area contributed by atoms with Gasteiger partial charge in [-0.25, -0.2) is 4.98 Å². The molecule has 27 heavy (non-hydrogen) atoms. The van der Waals surface area contributed by atoms with Crippen LogP contribution in [0.1, 0.15) is 17.0 Å². The smallest absolute Gasteiger partial charge is 0.236 e. The molecule has 0 spiro atoms. The van der Waals surface area contributed by atoms with Crippen molar-refractivity contribution < 1.29 is 9.53 Å². The van der Waals surface area contributed by atoms with Gasteiger partial charge in [0.2, 0.25) is 5.91 Å². The minimum atomic E-state index is -0.382. The number of anilines is 2. The fraction of sp³-hybridized carbons (Fsp3) is 0.182. The number of nitrogens with zero attached hydrogens (tertiary/aromatic N) is 1. The number of ether oxygens (including phenoxy) is 1. The summed E-state index contributed by atoms with van der Waals surface area (Å²) in [5, 5.41) is 6.13. The highest BCUT2D eigenvalue weighted by Gasteiger charge is 2.22. The first-order valence-corrected chi connectivity index (χ1v) is 8.87. The Morgan fingerprint density at radius 1 is 0.963 bits per heavy atom. The molecular weight excluding hydrogens is 338 g/mol. The Labute approximate surface area is 159 Å². The van der Waals surface area contributed by atoms with Gasteiger partial charge in [-0.15, -0.1) is 0 Å². The fourth-order valence-corrected chi connectivity index (χ4v) is 2.85. The van der Waals surface area contributed by atoms with Gasteiger partial charge in [0, 0.05) is 13.7 Å². The van der Waals surface area contributed by atoms with Gasteiger partial charge in [-0.05, 0) is 23.3 Å². The average molecular weight is 361 g/mol. The Balaban J connectivity index is 1.75. The van der Waals surface area contributed by atoms with Gasteiger partial charge in [0.15, 0.2) is 0 Å². The Kier molecular flexibility index (Phi) is 6.55. The van der Waals surface area contributed by atoms with E-state index in [1.165, 1.54) is 0 Å². The SMILES string of the molecule is COCCNc1ccc(NC(=O)C(c2ccccc2)c2ccccc2)cn1. The molecule has 0 fully saturated rings. The third-order valence-electron chi connectivity index (χ3n) is 4.17. The number of amides is 1. The van der Waals surface area contributed by atoms with Crippen LogP contribution >= 0.6 is 0 Å². The monoisotopic (exact) mass is 361 g/mol. The largest absolute Gasteiger partial charge is 0.383 e. The maximum Gasteiger partial charge on any atom is 0.236 e. The van der Waals surface area contributed by atoms with Crippen molar-refractivity contribution in [3.05, 3.63) is 90.1 Å². The van der Waals surface area contributed by atoms with Gasteiger partial charge in [-0.2, -0.15) is 0 Å². The number of nitrogens with one attached hydrogen (secondary N) is 2. The van der Waals surface area contributed by atoms with Crippen LogP contribution in [0, 0.1) is 0 Å². The van der Waals surface area contributed by atoms with Crippen molar-refractivity contribution in [1.29, 1.82) is 0 Å². The number of hydrogen-bond donors (Lipinski definition) is 2. The number of benzene rings is 2. The van der Waals surface area contributed by atoms with Gasteiger partial charge in [0.25, 0.3) is 0 Å². The van der Waals surface area contributed by atoms with Crippen molar-refractivity contribution >= 4 is 17.4 Å². The van der Waals surface area contributed by atoms with Crippen LogP contribution in [0.15, 0.2) is 79.0 Å². The first-order valence-electron chi connectivity index (χ1n) is 8.87. The molecule has 0 radical (unpaired) electrons. The van der Waals surface area contributed by atoms with Crippen LogP contribution in [0.5, 0.6) is 0 Å². The summed E-state index contributed by atoms with van der Waals surface area (Å²) in [6.45, 7) is 1.29. The lowest BCUT2D eigenvalue weighted by atomic mass is 9.90. The van der Waals surface area contributed by atoms with Crippen molar-refractivity contribution in [3.63, 3.8) is 0 Å². The number of carbonyl (C=O) groups is 1. The Hall–Kier alpha value is -3.18. The summed E-state index contributed by atoms with van der Waals surface area (Å²) in [6, 6.07) is 23.2. The summed E-state index contributed by atoms with van der Waals surface area (Å²) in [7, 11) is 1.66. The highest BCUT2D eigenvalue weighted by molar-refractivity contribution is 5.98. The Morgan fingerprint density at radius 3 is 2.11 bits per heavy atom. The normalized spacial score (nSPS) is 10.6. The third kappa shape index (κ3) is 5.15. The van der Waals surface area contributed by atoms with E-state index in [9.17, 15) is 4.79 Å². The van der Waals surface area contributed by atoms with Gasteiger partial charge in [-0.1, -0.05) is 60.7 Å². The van der Waals surface area contributed by atoms with Crippen LogP contribution in [0.25, 0.3) is 0 Å². The van der Waals surface area contributed by atoms with E-state index >= 15 is 0 Å². The van der Waals surface area contributed by atoms with Crippen LogP contribution in [-0.4, -0.2) is 31.2 Å². The maximum absolute atomic E-state index is 13.0. The van der Waals surface area contributed by atoms with Gasteiger partial charge < -0.3 is 15.4 Å². The molecule has 0 aliphatic carbocycles. The molecule has 0 bridgehead atoms. The molecule has 0 unspecified atom stereocenters. The minimum absolute atomic E-state index is 0.0886. The van der Waals surface area contributed by atoms with Crippen molar-refractivity contribution in [1.82, 2.24) is 4.98 Å². The molecule has 5 heteroatoms. The molecule has 1 amide bonds. The fourth-order valence-electron chi connectivity index (χ4n) is 2.85. The molecule has 3 aromatic rings. The van der Waals surface area contributed by atoms with Crippen LogP contribution in [0.3, 0.4) is 0 Å². The summed E-state index contributed by atoms with van der Waals surface area (Å²) in [5.41, 5.74) is 2.56. The predicted molar refractivity (Wildman–Crippen MR) is 108 cm³/mol. The van der Waals surface area contributed by atoms with E-state index in [0.29, 0.717) is 18.8 Å². The number of rotatable bonds is 8. The molecule has 2 aromatic carbocycles. The molecule has 138 valence electrons. The van der Waals surface area contributed by atoms with E-state index < -0.39 is 0 Å². The zero-order valence-corrected chi connectivity index (χ0v) is 15.3. The number of aromatic nitrogens is 1. The molecule has 0 aliphatic rings. The van der Waals surface area contributed by atoms with E-state index in [2.05, 4.69) is 15.6 Å². The van der Waals surface area contributed by atoms with Gasteiger partial charge in [0.05, 0.1) is 24.4 Å². The second-order valence-electron chi connectivity index (χ2n) is 6.10. The van der Waals surface area contributed by atoms with Crippen LogP contribution < -0.4 is 10.6 Å². The average Bonchev–Trinajstić information content (AvgIpc) is 2.71. The van der Waals surface area contributed by atoms with Gasteiger partial charge in [-0.3, -0.25) is 4.79 Å². The molecule has 0 atom stereocenters. The molecule has 2 N–H and O–H groups in total. The molecule has 0 saturated carbocycles. The molecular formula is C22H23N3O2. The quantitative estimate of drug-likeness (QED) is 0.597. The highest BCUT2D eigenvalue weighted by Crippen LogP contribution is 2.26. The maximum atomic E-state index is 13.0. The second-order valence-corrected chi connectivity index (χ2v) is 6.10. The van der Waals surface area contributed by atoms with Gasteiger partial charge in [0.1, 0.15) is 5.82 Å². The van der Waals surface area contributed by atoms with Crippen molar-refractivity contribution in [3.8, 4) is 0 Å². The molecule has 0 saturated heterocycles. The van der Waals surface area contributed by atoms with Crippen LogP contribution in [0.2, 0.25) is 0 Å². The van der Waals surface area contributed by atoms with E-state index in [1.807, 2.05) is 72.8 Å². The molecule has 5 nitrogen and oxygen atoms in total. The van der Waals surface area contributed by atoms with E-state index in [0.717, 1.165) is 16.9 Å². The summed E-state index contributed by atoms with van der Waals surface area (Å²) in [4.78, 5) is 17.4. The summed E-state index contributed by atoms with van der Waals surface area (Å²) < 4.78 is 5.00. The van der Waals surface area contributed by atoms with E-state index in [-0.39, 0.29) is 11.8 Å². The van der Waals surface area contributed by atoms with E-state index in [1.54, 1.807) is 13.3 Å². The standard InChI is InChI=1S/C22H23N3O2/c1-27-15-14-23-20-13-12-19(16-24-20)25-22(26)21(17-8-4-2-5-9-17)18-10-6-3-7-11-18/h2-13,16,21H,14-15H2,1H3,(H,23,24)(H,25,26). The second kappa shape index (κ2) is 9.50. The number of methoxy groups -OCH3 is 1. The molecule has 1 heterocycles. The molecule has 0 aliphatic heterocycles. The first kappa shape index (κ1) is 18.6. The summed E-state index contributed by atoms with van der Waals surface area (Å²) in [5.74, 6) is 0.272. The van der Waals surface area contributed by atoms with E-state index in [4.69, 9.17) is 4.74 Å². The van der Waals surface area contributed by atoms with Crippen molar-refractivity contribution in [2.75, 3.05) is 30.9 Å². The minimum Gasteiger partial charge on any atom is -0.383 e. The Morgan fingerprint density at radius 2 is 1.59 bits per heavy atom. The zero-order chi connectivity index (χ0) is 18.9. The van der Waals surface area contributed by atoms with Crippen LogP contribution in [-0.2, 0) is 9.53 Å². The van der Waals surface area contributed by atoms with Crippen LogP contribution in [0.4, 0.5) is 11.5 Å². The predicted octanol–water partition coefficient (Wildman–Crippen LogP) is 3.91. The van der Waals surface area contributed by atoms with Crippen molar-refractivity contribution in [2.45, 2.75) is 5.92 Å². The Bertz CT molecular complexity index is 797.